The predicted octanol–water partition coefficient (Wildman–Crippen LogP) is 5.23. The van der Waals surface area contributed by atoms with Crippen molar-refractivity contribution < 1.29 is 34.1 Å². The third kappa shape index (κ3) is 6.85. The molecule has 10 nitrogen and oxygen atoms in total. The molecule has 42 heavy (non-hydrogen) atoms. The first-order chi connectivity index (χ1) is 20.0. The van der Waals surface area contributed by atoms with Crippen LogP contribution in [0.1, 0.15) is 42.2 Å². The zero-order valence-electron chi connectivity index (χ0n) is 23.9. The smallest absolute Gasteiger partial charge is 0.331 e. The van der Waals surface area contributed by atoms with Crippen molar-refractivity contribution in [2.45, 2.75) is 39.7 Å². The highest BCUT2D eigenvalue weighted by Crippen LogP contribution is 2.43. The molecule has 3 aromatic rings. The monoisotopic (exact) mass is 591 g/mol. The van der Waals surface area contributed by atoms with Crippen molar-refractivity contribution in [3.8, 4) is 22.2 Å². The van der Waals surface area contributed by atoms with Crippen LogP contribution in [0.4, 0.5) is 0 Å². The summed E-state index contributed by atoms with van der Waals surface area (Å²) in [5, 5.41) is 19.7. The molecule has 220 valence electrons. The topological polar surface area (TPSA) is 139 Å². The van der Waals surface area contributed by atoms with E-state index in [1.165, 1.54) is 32.1 Å². The van der Waals surface area contributed by atoms with E-state index in [2.05, 4.69) is 9.97 Å². The standard InChI is InChI=1S/C17H18O6.C14H15N3OS/c1-17(16(20)21)8-10(7-11(9-17)15(18)19)14-12(22-2)5-4-6-13(14)23-3;1-10-8-16-14(19-10)12-7-11(4-5-15-12)9-17-6-2-3-13(17)18/h4-8H,9H2,1-3H3,(H,18,19)(H,20,21);4-5,7-8H,2-3,6,9H2,1H3. The van der Waals surface area contributed by atoms with Crippen LogP contribution in [0.15, 0.2) is 60.5 Å². The molecule has 2 aromatic heterocycles. The van der Waals surface area contributed by atoms with E-state index in [1.807, 2.05) is 30.2 Å². The van der Waals surface area contributed by atoms with Gasteiger partial charge in [0.1, 0.15) is 16.5 Å². The summed E-state index contributed by atoms with van der Waals surface area (Å²) in [5.41, 5.74) is 1.70. The number of carboxylic acid groups (broad SMARTS) is 2. The first-order valence-corrected chi connectivity index (χ1v) is 14.1. The van der Waals surface area contributed by atoms with Crippen molar-refractivity contribution in [1.82, 2.24) is 14.9 Å². The van der Waals surface area contributed by atoms with E-state index in [0.29, 0.717) is 35.6 Å². The van der Waals surface area contributed by atoms with Gasteiger partial charge in [0.2, 0.25) is 5.91 Å². The predicted molar refractivity (Wildman–Crippen MR) is 158 cm³/mol. The van der Waals surface area contributed by atoms with E-state index in [9.17, 15) is 24.6 Å². The Morgan fingerprint density at radius 2 is 1.83 bits per heavy atom. The van der Waals surface area contributed by atoms with Crippen molar-refractivity contribution in [2.24, 2.45) is 5.41 Å². The van der Waals surface area contributed by atoms with Crippen LogP contribution in [-0.4, -0.2) is 63.7 Å². The third-order valence-corrected chi connectivity index (χ3v) is 7.99. The van der Waals surface area contributed by atoms with Crippen LogP contribution in [0.2, 0.25) is 0 Å². The number of nitrogens with zero attached hydrogens (tertiary/aromatic N) is 3. The number of rotatable bonds is 8. The fourth-order valence-corrected chi connectivity index (χ4v) is 5.61. The van der Waals surface area contributed by atoms with Crippen molar-refractivity contribution >= 4 is 34.8 Å². The average molecular weight is 592 g/mol. The number of carboxylic acids is 2. The summed E-state index contributed by atoms with van der Waals surface area (Å²) in [4.78, 5) is 46.4. The number of amides is 1. The molecule has 0 bridgehead atoms. The molecule has 0 radical (unpaired) electrons. The number of pyridine rings is 1. The van der Waals surface area contributed by atoms with Crippen molar-refractivity contribution in [2.75, 3.05) is 20.8 Å². The maximum absolute atomic E-state index is 11.6. The van der Waals surface area contributed by atoms with Crippen LogP contribution in [-0.2, 0) is 20.9 Å². The number of carbonyl (C=O) groups is 3. The maximum atomic E-state index is 11.6. The largest absolute Gasteiger partial charge is 0.496 e. The third-order valence-electron chi connectivity index (χ3n) is 7.05. The SMILES string of the molecule is COc1cccc(OC)c1C1=CC(C)(C(=O)O)CC(C(=O)O)=C1.Cc1cnc(-c2cc(CN3CCCC3=O)ccn2)s1. The minimum absolute atomic E-state index is 0.0281. The number of hydrogen-bond acceptors (Lipinski definition) is 8. The first-order valence-electron chi connectivity index (χ1n) is 13.3. The molecule has 1 aliphatic carbocycles. The van der Waals surface area contributed by atoms with Gasteiger partial charge in [0, 0.05) is 42.4 Å². The number of methoxy groups -OCH3 is 2. The summed E-state index contributed by atoms with van der Waals surface area (Å²) in [7, 11) is 2.97. The molecule has 1 unspecified atom stereocenters. The summed E-state index contributed by atoms with van der Waals surface area (Å²) in [6.07, 6.45) is 8.24. The van der Waals surface area contributed by atoms with E-state index >= 15 is 0 Å². The molecule has 2 aliphatic rings. The lowest BCUT2D eigenvalue weighted by Crippen LogP contribution is -2.29. The highest BCUT2D eigenvalue weighted by atomic mass is 32.1. The van der Waals surface area contributed by atoms with Gasteiger partial charge in [-0.2, -0.15) is 0 Å². The van der Waals surface area contributed by atoms with Crippen LogP contribution in [0.5, 0.6) is 11.5 Å². The maximum Gasteiger partial charge on any atom is 0.331 e. The quantitative estimate of drug-likeness (QED) is 0.360. The Bertz CT molecular complexity index is 1540. The van der Waals surface area contributed by atoms with Crippen LogP contribution in [0.25, 0.3) is 16.3 Å². The number of aryl methyl sites for hydroxylation is 1. The number of likely N-dealkylation sites (tertiary alicyclic amines) is 1. The second-order valence-corrected chi connectivity index (χ2v) is 11.5. The minimum Gasteiger partial charge on any atom is -0.496 e. The lowest BCUT2D eigenvalue weighted by atomic mass is 9.76. The number of ether oxygens (including phenoxy) is 2. The lowest BCUT2D eigenvalue weighted by Gasteiger charge is -2.27. The van der Waals surface area contributed by atoms with Gasteiger partial charge in [-0.3, -0.25) is 14.6 Å². The number of aliphatic carboxylic acids is 2. The number of aromatic nitrogens is 2. The number of hydrogen-bond donors (Lipinski definition) is 2. The molecular formula is C31H33N3O7S. The molecule has 0 spiro atoms. The molecule has 2 N–H and O–H groups in total. The number of allylic oxidation sites excluding steroid dienone is 2. The molecule has 0 saturated carbocycles. The zero-order valence-corrected chi connectivity index (χ0v) is 24.7. The summed E-state index contributed by atoms with van der Waals surface area (Å²) >= 11 is 1.64. The van der Waals surface area contributed by atoms with Crippen LogP contribution in [0, 0.1) is 12.3 Å². The van der Waals surface area contributed by atoms with Gasteiger partial charge in [-0.1, -0.05) is 12.1 Å². The van der Waals surface area contributed by atoms with Crippen molar-refractivity contribution in [3.63, 3.8) is 0 Å². The second-order valence-electron chi connectivity index (χ2n) is 10.3. The Labute approximate surface area is 248 Å². The van der Waals surface area contributed by atoms with Crippen LogP contribution >= 0.6 is 11.3 Å². The Morgan fingerprint density at radius 1 is 1.12 bits per heavy atom. The van der Waals surface area contributed by atoms with Gasteiger partial charge in [0.25, 0.3) is 0 Å². The Hall–Kier alpha value is -4.51. The number of benzene rings is 1. The van der Waals surface area contributed by atoms with E-state index in [-0.39, 0.29) is 17.9 Å². The van der Waals surface area contributed by atoms with Gasteiger partial charge in [0.15, 0.2) is 0 Å². The number of carbonyl (C=O) groups excluding carboxylic acids is 1. The van der Waals surface area contributed by atoms with Crippen molar-refractivity contribution in [3.05, 3.63) is 76.5 Å². The first kappa shape index (κ1) is 30.4. The second kappa shape index (κ2) is 13.0. The van der Waals surface area contributed by atoms with Crippen molar-refractivity contribution in [1.29, 1.82) is 0 Å². The van der Waals surface area contributed by atoms with E-state index in [0.717, 1.165) is 29.2 Å². The average Bonchev–Trinajstić information content (AvgIpc) is 3.60. The van der Waals surface area contributed by atoms with E-state index < -0.39 is 17.4 Å². The molecule has 11 heteroatoms. The summed E-state index contributed by atoms with van der Waals surface area (Å²) in [6, 6.07) is 9.15. The summed E-state index contributed by atoms with van der Waals surface area (Å²) in [6.45, 7) is 5.08. The fourth-order valence-electron chi connectivity index (χ4n) is 4.88. The normalized spacial score (nSPS) is 18.0. The van der Waals surface area contributed by atoms with Gasteiger partial charge in [-0.15, -0.1) is 11.3 Å². The minimum atomic E-state index is -1.32. The van der Waals surface area contributed by atoms with E-state index in [1.54, 1.807) is 41.8 Å². The lowest BCUT2D eigenvalue weighted by molar-refractivity contribution is -0.145. The van der Waals surface area contributed by atoms with Gasteiger partial charge < -0.3 is 24.6 Å². The molecule has 1 amide bonds. The molecular weight excluding hydrogens is 558 g/mol. The molecule has 1 atom stereocenters. The molecule has 1 aliphatic heterocycles. The highest BCUT2D eigenvalue weighted by Gasteiger charge is 2.37. The Morgan fingerprint density at radius 3 is 2.38 bits per heavy atom. The molecule has 3 heterocycles. The summed E-state index contributed by atoms with van der Waals surface area (Å²) < 4.78 is 10.6. The van der Waals surface area contributed by atoms with Crippen LogP contribution in [0.3, 0.4) is 0 Å². The van der Waals surface area contributed by atoms with Gasteiger partial charge in [-0.05, 0) is 68.2 Å². The molecule has 1 aromatic carbocycles. The fraction of sp³-hybridized carbons (Fsp3) is 0.323. The van der Waals surface area contributed by atoms with Gasteiger partial charge in [0.05, 0.1) is 30.9 Å². The molecule has 5 rings (SSSR count). The Kier molecular flexibility index (Phi) is 9.41. The van der Waals surface area contributed by atoms with E-state index in [4.69, 9.17) is 9.47 Å². The van der Waals surface area contributed by atoms with Gasteiger partial charge in [-0.25, -0.2) is 9.78 Å². The Balaban J connectivity index is 0.000000196. The number of thiazole rings is 1. The summed E-state index contributed by atoms with van der Waals surface area (Å²) in [5.74, 6) is -1.02. The van der Waals surface area contributed by atoms with Gasteiger partial charge >= 0.3 is 11.9 Å². The molecule has 1 fully saturated rings. The molecule has 1 saturated heterocycles. The zero-order chi connectivity index (χ0) is 30.4. The highest BCUT2D eigenvalue weighted by molar-refractivity contribution is 7.14. The van der Waals surface area contributed by atoms with Crippen LogP contribution < -0.4 is 9.47 Å².